The number of aromatic carboxylic acids is 1. The van der Waals surface area contributed by atoms with E-state index in [9.17, 15) is 4.79 Å². The molecule has 8 nitrogen and oxygen atoms in total. The quantitative estimate of drug-likeness (QED) is 0.397. The van der Waals surface area contributed by atoms with Crippen LogP contribution in [0.25, 0.3) is 11.4 Å². The monoisotopic (exact) mass is 423 g/mol. The number of carboxylic acid groups (broad SMARTS) is 1. The molecule has 1 aromatic carbocycles. The highest BCUT2D eigenvalue weighted by Gasteiger charge is 2.20. The predicted octanol–water partition coefficient (Wildman–Crippen LogP) is 2.68. The van der Waals surface area contributed by atoms with Gasteiger partial charge in [-0.05, 0) is 39.0 Å². The standard InChI is InChI=1S/C12H9BrN2O3.C5H13N3/c13-7-1-2-8-10(5-7)18-4-3-15-6-9(12(16)17)14-11(8)15;1-4(2)7-8-5(3)6/h1-2,5-6H,3-4H2,(H,16,17);4,7H,1-3H3,(H2,6,8). The Balaban J connectivity index is 0.000000260. The first-order valence-electron chi connectivity index (χ1n) is 8.06. The molecular formula is C17H22BrN5O3. The van der Waals surface area contributed by atoms with E-state index in [0.717, 1.165) is 10.0 Å². The Hall–Kier alpha value is -2.55. The number of nitrogens with two attached hydrogens (primary N) is 1. The van der Waals surface area contributed by atoms with Gasteiger partial charge in [-0.2, -0.15) is 5.10 Å². The van der Waals surface area contributed by atoms with Gasteiger partial charge in [0, 0.05) is 16.7 Å². The molecule has 0 fully saturated rings. The molecule has 0 saturated carbocycles. The highest BCUT2D eigenvalue weighted by molar-refractivity contribution is 9.10. The van der Waals surface area contributed by atoms with Gasteiger partial charge in [-0.25, -0.2) is 9.78 Å². The number of imidazole rings is 1. The Morgan fingerprint density at radius 3 is 2.81 bits per heavy atom. The highest BCUT2D eigenvalue weighted by Crippen LogP contribution is 2.34. The van der Waals surface area contributed by atoms with Crippen LogP contribution in [0.15, 0.2) is 34.0 Å². The van der Waals surface area contributed by atoms with Crippen molar-refractivity contribution in [2.45, 2.75) is 33.4 Å². The van der Waals surface area contributed by atoms with Crippen LogP contribution in [-0.4, -0.2) is 39.1 Å². The van der Waals surface area contributed by atoms with Gasteiger partial charge in [0.25, 0.3) is 0 Å². The van der Waals surface area contributed by atoms with Crippen molar-refractivity contribution in [2.75, 3.05) is 6.61 Å². The predicted molar refractivity (Wildman–Crippen MR) is 103 cm³/mol. The zero-order valence-corrected chi connectivity index (χ0v) is 16.4. The first kappa shape index (κ1) is 19.8. The summed E-state index contributed by atoms with van der Waals surface area (Å²) < 4.78 is 8.36. The van der Waals surface area contributed by atoms with E-state index in [1.807, 2.05) is 36.6 Å². The number of hydrazone groups is 1. The van der Waals surface area contributed by atoms with E-state index in [-0.39, 0.29) is 5.69 Å². The first-order valence-corrected chi connectivity index (χ1v) is 8.85. The Morgan fingerprint density at radius 1 is 1.50 bits per heavy atom. The summed E-state index contributed by atoms with van der Waals surface area (Å²) in [4.78, 5) is 15.1. The van der Waals surface area contributed by atoms with E-state index in [1.54, 1.807) is 6.92 Å². The fraction of sp³-hybridized carbons (Fsp3) is 0.353. The fourth-order valence-corrected chi connectivity index (χ4v) is 2.53. The fourth-order valence-electron chi connectivity index (χ4n) is 2.19. The van der Waals surface area contributed by atoms with Crippen molar-refractivity contribution in [3.63, 3.8) is 0 Å². The van der Waals surface area contributed by atoms with E-state index in [1.165, 1.54) is 6.20 Å². The van der Waals surface area contributed by atoms with E-state index in [2.05, 4.69) is 31.4 Å². The molecule has 1 aliphatic rings. The molecule has 2 heterocycles. The summed E-state index contributed by atoms with van der Waals surface area (Å²) in [5.74, 6) is 0.895. The lowest BCUT2D eigenvalue weighted by Crippen LogP contribution is -2.20. The number of nitrogens with zero attached hydrogens (tertiary/aromatic N) is 3. The number of hydrogen-bond acceptors (Lipinski definition) is 5. The molecule has 0 atom stereocenters. The highest BCUT2D eigenvalue weighted by atomic mass is 79.9. The molecule has 1 aromatic heterocycles. The maximum Gasteiger partial charge on any atom is 0.356 e. The molecule has 9 heteroatoms. The molecule has 2 aromatic rings. The lowest BCUT2D eigenvalue weighted by Gasteiger charge is -2.05. The van der Waals surface area contributed by atoms with Gasteiger partial charge in [-0.1, -0.05) is 15.9 Å². The van der Waals surface area contributed by atoms with Gasteiger partial charge in [0.05, 0.1) is 12.1 Å². The lowest BCUT2D eigenvalue weighted by molar-refractivity contribution is 0.0691. The van der Waals surface area contributed by atoms with Gasteiger partial charge >= 0.3 is 5.97 Å². The zero-order chi connectivity index (χ0) is 19.3. The summed E-state index contributed by atoms with van der Waals surface area (Å²) in [7, 11) is 0. The molecule has 140 valence electrons. The second-order valence-electron chi connectivity index (χ2n) is 5.97. The third-order valence-corrected chi connectivity index (χ3v) is 3.76. The molecular weight excluding hydrogens is 402 g/mol. The van der Waals surface area contributed by atoms with Crippen molar-refractivity contribution in [1.29, 1.82) is 0 Å². The van der Waals surface area contributed by atoms with Gasteiger partial charge in [0.1, 0.15) is 24.0 Å². The third-order valence-electron chi connectivity index (χ3n) is 3.27. The molecule has 4 N–H and O–H groups in total. The van der Waals surface area contributed by atoms with Crippen LogP contribution < -0.4 is 15.9 Å². The summed E-state index contributed by atoms with van der Waals surface area (Å²) >= 11 is 3.38. The number of carboxylic acids is 1. The van der Waals surface area contributed by atoms with Crippen LogP contribution in [-0.2, 0) is 6.54 Å². The van der Waals surface area contributed by atoms with Gasteiger partial charge in [0.2, 0.25) is 0 Å². The van der Waals surface area contributed by atoms with Crippen molar-refractivity contribution in [1.82, 2.24) is 15.0 Å². The summed E-state index contributed by atoms with van der Waals surface area (Å²) in [6.45, 7) is 6.84. The maximum absolute atomic E-state index is 11.0. The van der Waals surface area contributed by atoms with E-state index < -0.39 is 5.97 Å². The molecule has 0 amide bonds. The molecule has 0 radical (unpaired) electrons. The van der Waals surface area contributed by atoms with Gasteiger partial charge < -0.3 is 25.6 Å². The molecule has 0 saturated heterocycles. The number of hydrogen-bond donors (Lipinski definition) is 3. The van der Waals surface area contributed by atoms with Crippen LogP contribution in [0.2, 0.25) is 0 Å². The molecule has 0 unspecified atom stereocenters. The van der Waals surface area contributed by atoms with E-state index in [4.69, 9.17) is 15.6 Å². The van der Waals surface area contributed by atoms with Gasteiger partial charge in [0.15, 0.2) is 5.69 Å². The summed E-state index contributed by atoms with van der Waals surface area (Å²) in [6.07, 6.45) is 1.54. The number of nitrogens with one attached hydrogen (secondary N) is 1. The number of rotatable bonds is 3. The lowest BCUT2D eigenvalue weighted by atomic mass is 10.2. The second kappa shape index (κ2) is 8.70. The van der Waals surface area contributed by atoms with Crippen molar-refractivity contribution < 1.29 is 14.6 Å². The molecule has 0 aliphatic carbocycles. The molecule has 0 spiro atoms. The minimum absolute atomic E-state index is 0.0563. The number of benzene rings is 1. The van der Waals surface area contributed by atoms with Gasteiger partial charge in [-0.3, -0.25) is 0 Å². The number of ether oxygens (including phenoxy) is 1. The number of carbonyl (C=O) groups is 1. The Morgan fingerprint density at radius 2 is 2.23 bits per heavy atom. The Bertz CT molecular complexity index is 813. The number of aromatic nitrogens is 2. The smallest absolute Gasteiger partial charge is 0.356 e. The van der Waals surface area contributed by atoms with Crippen molar-refractivity contribution >= 4 is 27.7 Å². The van der Waals surface area contributed by atoms with E-state index >= 15 is 0 Å². The summed E-state index contributed by atoms with van der Waals surface area (Å²) in [5.41, 5.74) is 8.90. The molecule has 1 aliphatic heterocycles. The first-order chi connectivity index (χ1) is 12.3. The van der Waals surface area contributed by atoms with Crippen LogP contribution in [0.3, 0.4) is 0 Å². The molecule has 26 heavy (non-hydrogen) atoms. The van der Waals surface area contributed by atoms with Crippen LogP contribution in [0, 0.1) is 0 Å². The second-order valence-corrected chi connectivity index (χ2v) is 6.89. The SMILES string of the molecule is C/C(N)=N/NC(C)C.O=C(O)c1cn2c(n1)-c1ccc(Br)cc1OCC2. The van der Waals surface area contributed by atoms with Crippen molar-refractivity contribution in [2.24, 2.45) is 10.8 Å². The number of halogens is 1. The third kappa shape index (κ3) is 5.22. The minimum atomic E-state index is -1.02. The van der Waals surface area contributed by atoms with Crippen LogP contribution in [0.5, 0.6) is 5.75 Å². The molecule has 0 bridgehead atoms. The normalized spacial score (nSPS) is 12.9. The Kier molecular flexibility index (Phi) is 6.62. The van der Waals surface area contributed by atoms with Crippen molar-refractivity contribution in [3.05, 3.63) is 34.6 Å². The minimum Gasteiger partial charge on any atom is -0.491 e. The van der Waals surface area contributed by atoms with Gasteiger partial charge in [-0.15, -0.1) is 0 Å². The van der Waals surface area contributed by atoms with Crippen LogP contribution in [0.4, 0.5) is 0 Å². The van der Waals surface area contributed by atoms with Crippen molar-refractivity contribution in [3.8, 4) is 17.1 Å². The Labute approximate surface area is 160 Å². The summed E-state index contributed by atoms with van der Waals surface area (Å²) in [6, 6.07) is 5.98. The van der Waals surface area contributed by atoms with Crippen LogP contribution >= 0.6 is 15.9 Å². The maximum atomic E-state index is 11.0. The summed E-state index contributed by atoms with van der Waals surface area (Å²) in [5, 5.41) is 12.8. The average molecular weight is 424 g/mol. The van der Waals surface area contributed by atoms with E-state index in [0.29, 0.717) is 36.6 Å². The number of fused-ring (bicyclic) bond motifs is 3. The number of amidine groups is 1. The largest absolute Gasteiger partial charge is 0.491 e. The topological polar surface area (TPSA) is 115 Å². The van der Waals surface area contributed by atoms with Crippen LogP contribution in [0.1, 0.15) is 31.3 Å². The molecule has 3 rings (SSSR count). The average Bonchev–Trinajstić information content (AvgIpc) is 2.91. The zero-order valence-electron chi connectivity index (χ0n) is 14.9.